The molecule has 0 bridgehead atoms. The number of nitrogen functional groups attached to an aromatic ring is 1. The lowest BCUT2D eigenvalue weighted by Gasteiger charge is -2.30. The molecule has 7 heteroatoms. The molecular formula is C15H20Cl2N4O. The fraction of sp³-hybridized carbons (Fsp3) is 0.333. The number of nitrogens with two attached hydrogens (primary N) is 1. The van der Waals surface area contributed by atoms with Gasteiger partial charge in [0.1, 0.15) is 0 Å². The lowest BCUT2D eigenvalue weighted by molar-refractivity contribution is -0.118. The van der Waals surface area contributed by atoms with Gasteiger partial charge >= 0.3 is 0 Å². The Morgan fingerprint density at radius 3 is 2.82 bits per heavy atom. The topological polar surface area (TPSA) is 64.2 Å². The molecule has 0 spiro atoms. The minimum Gasteiger partial charge on any atom is -0.398 e. The summed E-state index contributed by atoms with van der Waals surface area (Å²) in [5.74, 6) is 0.101. The van der Waals surface area contributed by atoms with E-state index >= 15 is 0 Å². The molecule has 1 aliphatic heterocycles. The number of hydrogen-bond acceptors (Lipinski definition) is 3. The number of halogens is 2. The van der Waals surface area contributed by atoms with Gasteiger partial charge < -0.3 is 10.6 Å². The van der Waals surface area contributed by atoms with Crippen molar-refractivity contribution in [3.8, 4) is 0 Å². The van der Waals surface area contributed by atoms with Crippen LogP contribution in [0.2, 0.25) is 0 Å². The van der Waals surface area contributed by atoms with Gasteiger partial charge in [0.2, 0.25) is 5.91 Å². The minimum atomic E-state index is 0. The van der Waals surface area contributed by atoms with Gasteiger partial charge in [0.25, 0.3) is 0 Å². The van der Waals surface area contributed by atoms with E-state index in [1.54, 1.807) is 10.9 Å². The normalized spacial score (nSPS) is 12.9. The monoisotopic (exact) mass is 342 g/mol. The molecule has 1 amide bonds. The second kappa shape index (κ2) is 7.51. The molecule has 2 N–H and O–H groups in total. The Labute approximate surface area is 142 Å². The Kier molecular flexibility index (Phi) is 6.26. The van der Waals surface area contributed by atoms with Gasteiger partial charge in [-0.05, 0) is 36.1 Å². The molecule has 0 aliphatic carbocycles. The Morgan fingerprint density at radius 2 is 2.14 bits per heavy atom. The van der Waals surface area contributed by atoms with E-state index in [0.29, 0.717) is 6.42 Å². The number of anilines is 2. The first-order chi connectivity index (χ1) is 9.65. The van der Waals surface area contributed by atoms with Crippen LogP contribution in [0.1, 0.15) is 17.5 Å². The zero-order valence-corrected chi connectivity index (χ0v) is 14.0. The summed E-state index contributed by atoms with van der Waals surface area (Å²) in [6.07, 6.45) is 5.89. The van der Waals surface area contributed by atoms with Gasteiger partial charge in [-0.3, -0.25) is 9.48 Å². The average molecular weight is 343 g/mol. The summed E-state index contributed by atoms with van der Waals surface area (Å²) < 4.78 is 1.71. The average Bonchev–Trinajstić information content (AvgIpc) is 2.84. The molecule has 5 nitrogen and oxygen atoms in total. The largest absolute Gasteiger partial charge is 0.398 e. The van der Waals surface area contributed by atoms with Crippen molar-refractivity contribution in [2.45, 2.75) is 19.3 Å². The van der Waals surface area contributed by atoms with E-state index in [1.807, 2.05) is 36.3 Å². The van der Waals surface area contributed by atoms with Crippen LogP contribution in [0.4, 0.5) is 11.4 Å². The molecule has 1 aromatic heterocycles. The van der Waals surface area contributed by atoms with Gasteiger partial charge in [-0.1, -0.05) is 6.07 Å². The molecule has 1 aromatic carbocycles. The lowest BCUT2D eigenvalue weighted by atomic mass is 9.99. The highest BCUT2D eigenvalue weighted by Crippen LogP contribution is 2.31. The van der Waals surface area contributed by atoms with Gasteiger partial charge in [-0.2, -0.15) is 5.10 Å². The molecule has 0 fully saturated rings. The molecule has 22 heavy (non-hydrogen) atoms. The van der Waals surface area contributed by atoms with Crippen LogP contribution in [0.15, 0.2) is 30.6 Å². The summed E-state index contributed by atoms with van der Waals surface area (Å²) >= 11 is 0. The number of aryl methyl sites for hydroxylation is 1. The van der Waals surface area contributed by atoms with Gasteiger partial charge in [-0.25, -0.2) is 0 Å². The van der Waals surface area contributed by atoms with E-state index in [2.05, 4.69) is 5.10 Å². The van der Waals surface area contributed by atoms with Gasteiger partial charge in [-0.15, -0.1) is 24.8 Å². The van der Waals surface area contributed by atoms with Gasteiger partial charge in [0.05, 0.1) is 12.6 Å². The van der Waals surface area contributed by atoms with E-state index < -0.39 is 0 Å². The third-order valence-corrected chi connectivity index (χ3v) is 3.70. The van der Waals surface area contributed by atoms with Crippen molar-refractivity contribution in [2.75, 3.05) is 17.2 Å². The summed E-state index contributed by atoms with van der Waals surface area (Å²) in [6.45, 7) is 0.759. The number of benzene rings is 1. The molecule has 1 aliphatic rings. The molecule has 0 unspecified atom stereocenters. The van der Waals surface area contributed by atoms with Crippen molar-refractivity contribution in [3.05, 3.63) is 41.7 Å². The standard InChI is InChI=1S/C15H18N4O.2ClH/c1-18-10-11(9-17-18)8-15(20)19-7-3-4-12-13(16)5-2-6-14(12)19;;/h2,5-6,9-10H,3-4,7-8,16H2,1H3;2*1H. The number of aromatic nitrogens is 2. The summed E-state index contributed by atoms with van der Waals surface area (Å²) in [4.78, 5) is 14.3. The number of rotatable bonds is 2. The third kappa shape index (κ3) is 3.54. The Hall–Kier alpha value is -1.72. The summed E-state index contributed by atoms with van der Waals surface area (Å²) in [5, 5.41) is 4.10. The molecular weight excluding hydrogens is 323 g/mol. The number of amides is 1. The molecule has 2 aromatic rings. The van der Waals surface area contributed by atoms with Crippen LogP contribution in [0, 0.1) is 0 Å². The SMILES string of the molecule is Cl.Cl.Cn1cc(CC(=O)N2CCCc3c(N)cccc32)cn1. The first kappa shape index (κ1) is 18.3. The number of nitrogens with zero attached hydrogens (tertiary/aromatic N) is 3. The minimum absolute atomic E-state index is 0. The van der Waals surface area contributed by atoms with E-state index in [4.69, 9.17) is 5.73 Å². The first-order valence-corrected chi connectivity index (χ1v) is 6.80. The summed E-state index contributed by atoms with van der Waals surface area (Å²) in [6, 6.07) is 5.78. The molecule has 0 saturated heterocycles. The second-order valence-electron chi connectivity index (χ2n) is 5.19. The lowest BCUT2D eigenvalue weighted by Crippen LogP contribution is -2.36. The van der Waals surface area contributed by atoms with Crippen LogP contribution in [0.5, 0.6) is 0 Å². The maximum Gasteiger partial charge on any atom is 0.231 e. The number of hydrogen-bond donors (Lipinski definition) is 1. The summed E-state index contributed by atoms with van der Waals surface area (Å²) in [5.41, 5.74) is 9.78. The second-order valence-corrected chi connectivity index (χ2v) is 5.19. The van der Waals surface area contributed by atoms with Crippen molar-refractivity contribution >= 4 is 42.1 Å². The van der Waals surface area contributed by atoms with Crippen molar-refractivity contribution in [3.63, 3.8) is 0 Å². The van der Waals surface area contributed by atoms with E-state index in [-0.39, 0.29) is 30.7 Å². The fourth-order valence-corrected chi connectivity index (χ4v) is 2.74. The molecule has 0 radical (unpaired) electrons. The molecule has 0 saturated carbocycles. The van der Waals surface area contributed by atoms with Crippen molar-refractivity contribution < 1.29 is 4.79 Å². The van der Waals surface area contributed by atoms with Crippen molar-refractivity contribution in [2.24, 2.45) is 7.05 Å². The van der Waals surface area contributed by atoms with Gasteiger partial charge in [0.15, 0.2) is 0 Å². The maximum atomic E-state index is 12.5. The number of carbonyl (C=O) groups excluding carboxylic acids is 1. The molecule has 0 atom stereocenters. The van der Waals surface area contributed by atoms with Crippen LogP contribution >= 0.6 is 24.8 Å². The smallest absolute Gasteiger partial charge is 0.231 e. The highest BCUT2D eigenvalue weighted by molar-refractivity contribution is 5.96. The van der Waals surface area contributed by atoms with Crippen LogP contribution in [0.3, 0.4) is 0 Å². The van der Waals surface area contributed by atoms with Crippen LogP contribution in [-0.2, 0) is 24.7 Å². The Morgan fingerprint density at radius 1 is 1.36 bits per heavy atom. The zero-order chi connectivity index (χ0) is 14.1. The quantitative estimate of drug-likeness (QED) is 0.852. The van der Waals surface area contributed by atoms with Crippen LogP contribution in [0.25, 0.3) is 0 Å². The molecule has 120 valence electrons. The fourth-order valence-electron chi connectivity index (χ4n) is 2.74. The van der Waals surface area contributed by atoms with Crippen molar-refractivity contribution in [1.29, 1.82) is 0 Å². The maximum absolute atomic E-state index is 12.5. The highest BCUT2D eigenvalue weighted by atomic mass is 35.5. The first-order valence-electron chi connectivity index (χ1n) is 6.80. The van der Waals surface area contributed by atoms with Crippen LogP contribution < -0.4 is 10.6 Å². The highest BCUT2D eigenvalue weighted by Gasteiger charge is 2.23. The van der Waals surface area contributed by atoms with E-state index in [0.717, 1.165) is 41.9 Å². The van der Waals surface area contributed by atoms with E-state index in [1.165, 1.54) is 0 Å². The van der Waals surface area contributed by atoms with Crippen LogP contribution in [-0.4, -0.2) is 22.2 Å². The zero-order valence-electron chi connectivity index (χ0n) is 12.4. The van der Waals surface area contributed by atoms with Gasteiger partial charge in [0, 0.05) is 31.2 Å². The predicted molar refractivity (Wildman–Crippen MR) is 92.9 cm³/mol. The number of fused-ring (bicyclic) bond motifs is 1. The summed E-state index contributed by atoms with van der Waals surface area (Å²) in [7, 11) is 1.85. The predicted octanol–water partition coefficient (Wildman–Crippen LogP) is 2.37. The van der Waals surface area contributed by atoms with E-state index in [9.17, 15) is 4.79 Å². The third-order valence-electron chi connectivity index (χ3n) is 3.70. The molecule has 2 heterocycles. The number of carbonyl (C=O) groups is 1. The molecule has 3 rings (SSSR count). The Balaban J connectivity index is 0.00000121. The Bertz CT molecular complexity index is 657. The van der Waals surface area contributed by atoms with Crippen molar-refractivity contribution in [1.82, 2.24) is 9.78 Å².